The number of amides is 1. The zero-order valence-electron chi connectivity index (χ0n) is 7.97. The van der Waals surface area contributed by atoms with Crippen LogP contribution in [0.5, 0.6) is 0 Å². The van der Waals surface area contributed by atoms with Crippen LogP contribution in [0, 0.1) is 0 Å². The quantitative estimate of drug-likeness (QED) is 0.724. The van der Waals surface area contributed by atoms with E-state index in [1.807, 2.05) is 0 Å². The van der Waals surface area contributed by atoms with Crippen LogP contribution >= 0.6 is 12.4 Å². The molecule has 1 N–H and O–H groups in total. The van der Waals surface area contributed by atoms with Crippen LogP contribution in [0.25, 0.3) is 0 Å². The van der Waals surface area contributed by atoms with E-state index in [9.17, 15) is 9.18 Å². The normalized spacial score (nSPS) is 27.2. The Morgan fingerprint density at radius 1 is 1.69 bits per heavy atom. The fraction of sp³-hybridized carbons (Fsp3) is 0.875. The van der Waals surface area contributed by atoms with E-state index < -0.39 is 5.67 Å². The molecule has 3 nitrogen and oxygen atoms in total. The van der Waals surface area contributed by atoms with Crippen LogP contribution in [0.2, 0.25) is 0 Å². The molecule has 1 heterocycles. The molecule has 0 aromatic rings. The largest absolute Gasteiger partial charge is 0.338 e. The first-order valence-electron chi connectivity index (χ1n) is 4.16. The fourth-order valence-corrected chi connectivity index (χ4v) is 1.40. The molecule has 1 rings (SSSR count). The van der Waals surface area contributed by atoms with E-state index in [1.165, 1.54) is 0 Å². The average Bonchev–Trinajstić information content (AvgIpc) is 2.31. The van der Waals surface area contributed by atoms with Gasteiger partial charge in [0, 0.05) is 13.0 Å². The maximum Gasteiger partial charge on any atom is 0.236 e. The van der Waals surface area contributed by atoms with Gasteiger partial charge in [-0.1, -0.05) is 0 Å². The van der Waals surface area contributed by atoms with Gasteiger partial charge in [0.15, 0.2) is 0 Å². The highest BCUT2D eigenvalue weighted by Crippen LogP contribution is 2.24. The Morgan fingerprint density at radius 2 is 2.31 bits per heavy atom. The molecule has 1 amide bonds. The van der Waals surface area contributed by atoms with Gasteiger partial charge in [-0.2, -0.15) is 0 Å². The van der Waals surface area contributed by atoms with Gasteiger partial charge in [0.1, 0.15) is 5.67 Å². The SMILES string of the molecule is CNCC(=O)N1CCC(C)(F)C1.Cl. The zero-order valence-corrected chi connectivity index (χ0v) is 8.79. The molecule has 1 atom stereocenters. The third-order valence-corrected chi connectivity index (χ3v) is 2.10. The maximum atomic E-state index is 13.2. The summed E-state index contributed by atoms with van der Waals surface area (Å²) in [6, 6.07) is 0. The van der Waals surface area contributed by atoms with Crippen molar-refractivity contribution in [3.63, 3.8) is 0 Å². The number of alkyl halides is 1. The third kappa shape index (κ3) is 3.48. The van der Waals surface area contributed by atoms with Crippen LogP contribution in [-0.4, -0.2) is 43.2 Å². The summed E-state index contributed by atoms with van der Waals surface area (Å²) in [5.41, 5.74) is -1.18. The molecule has 0 spiro atoms. The van der Waals surface area contributed by atoms with E-state index in [0.717, 1.165) is 0 Å². The fourth-order valence-electron chi connectivity index (χ4n) is 1.40. The van der Waals surface area contributed by atoms with Gasteiger partial charge in [-0.05, 0) is 14.0 Å². The number of carbonyl (C=O) groups excluding carboxylic acids is 1. The third-order valence-electron chi connectivity index (χ3n) is 2.10. The number of halogens is 2. The number of nitrogens with zero attached hydrogens (tertiary/aromatic N) is 1. The lowest BCUT2D eigenvalue weighted by atomic mass is 10.1. The molecule has 1 fully saturated rings. The summed E-state index contributed by atoms with van der Waals surface area (Å²) in [5.74, 6) is -0.0149. The Labute approximate surface area is 84.1 Å². The number of hydrogen-bond donors (Lipinski definition) is 1. The van der Waals surface area contributed by atoms with Gasteiger partial charge >= 0.3 is 0 Å². The Morgan fingerprint density at radius 3 is 2.69 bits per heavy atom. The first kappa shape index (κ1) is 12.7. The van der Waals surface area contributed by atoms with E-state index in [0.29, 0.717) is 19.5 Å². The standard InChI is InChI=1S/C8H15FN2O.ClH/c1-8(9)3-4-11(6-8)7(12)5-10-2;/h10H,3-6H2,1-2H3;1H. The Kier molecular flexibility index (Phi) is 4.64. The minimum atomic E-state index is -1.18. The zero-order chi connectivity index (χ0) is 9.19. The predicted molar refractivity (Wildman–Crippen MR) is 51.9 cm³/mol. The van der Waals surface area contributed by atoms with Crippen molar-refractivity contribution >= 4 is 18.3 Å². The topological polar surface area (TPSA) is 32.3 Å². The molecule has 1 unspecified atom stereocenters. The van der Waals surface area contributed by atoms with Crippen LogP contribution in [0.3, 0.4) is 0 Å². The second-order valence-corrected chi connectivity index (χ2v) is 3.51. The summed E-state index contributed by atoms with van der Waals surface area (Å²) in [5, 5.41) is 2.76. The van der Waals surface area contributed by atoms with Gasteiger partial charge in [-0.3, -0.25) is 4.79 Å². The first-order chi connectivity index (χ1) is 5.55. The lowest BCUT2D eigenvalue weighted by Gasteiger charge is -2.17. The second kappa shape index (κ2) is 4.77. The predicted octanol–water partition coefficient (Wildman–Crippen LogP) is 0.588. The molecule has 13 heavy (non-hydrogen) atoms. The van der Waals surface area contributed by atoms with Crippen LogP contribution in [0.4, 0.5) is 4.39 Å². The van der Waals surface area contributed by atoms with Gasteiger partial charge < -0.3 is 10.2 Å². The number of nitrogens with one attached hydrogen (secondary N) is 1. The summed E-state index contributed by atoms with van der Waals surface area (Å²) in [7, 11) is 1.71. The molecular weight excluding hydrogens is 195 g/mol. The van der Waals surface area contributed by atoms with Gasteiger partial charge in [0.25, 0.3) is 0 Å². The average molecular weight is 211 g/mol. The molecule has 0 aliphatic carbocycles. The van der Waals surface area contributed by atoms with Crippen molar-refractivity contribution in [3.8, 4) is 0 Å². The smallest absolute Gasteiger partial charge is 0.236 e. The van der Waals surface area contributed by atoms with Crippen molar-refractivity contribution < 1.29 is 9.18 Å². The van der Waals surface area contributed by atoms with Crippen LogP contribution in [0.1, 0.15) is 13.3 Å². The molecule has 1 saturated heterocycles. The molecule has 78 valence electrons. The Balaban J connectivity index is 0.00000144. The van der Waals surface area contributed by atoms with E-state index >= 15 is 0 Å². The van der Waals surface area contributed by atoms with Gasteiger partial charge in [0.2, 0.25) is 5.91 Å². The van der Waals surface area contributed by atoms with E-state index in [4.69, 9.17) is 0 Å². The lowest BCUT2D eigenvalue weighted by molar-refractivity contribution is -0.129. The minimum absolute atomic E-state index is 0. The molecule has 1 aliphatic heterocycles. The molecule has 5 heteroatoms. The molecular formula is C8H16ClFN2O. The lowest BCUT2D eigenvalue weighted by Crippen LogP contribution is -2.37. The highest BCUT2D eigenvalue weighted by molar-refractivity contribution is 5.85. The highest BCUT2D eigenvalue weighted by Gasteiger charge is 2.35. The van der Waals surface area contributed by atoms with Crippen molar-refractivity contribution in [2.75, 3.05) is 26.7 Å². The van der Waals surface area contributed by atoms with Crippen LogP contribution in [0.15, 0.2) is 0 Å². The number of likely N-dealkylation sites (tertiary alicyclic amines) is 1. The van der Waals surface area contributed by atoms with E-state index in [2.05, 4.69) is 5.32 Å². The summed E-state index contributed by atoms with van der Waals surface area (Å²) in [6.07, 6.45) is 0.461. The molecule has 0 aromatic carbocycles. The molecule has 0 saturated carbocycles. The van der Waals surface area contributed by atoms with Crippen molar-refractivity contribution in [1.29, 1.82) is 0 Å². The summed E-state index contributed by atoms with van der Waals surface area (Å²) in [6.45, 7) is 2.64. The van der Waals surface area contributed by atoms with Gasteiger partial charge in [0.05, 0.1) is 13.1 Å². The van der Waals surface area contributed by atoms with Crippen LogP contribution < -0.4 is 5.32 Å². The van der Waals surface area contributed by atoms with Crippen LogP contribution in [-0.2, 0) is 4.79 Å². The molecule has 0 aromatic heterocycles. The maximum absolute atomic E-state index is 13.2. The minimum Gasteiger partial charge on any atom is -0.338 e. The van der Waals surface area contributed by atoms with Crippen molar-refractivity contribution in [2.45, 2.75) is 19.0 Å². The number of rotatable bonds is 2. The van der Waals surface area contributed by atoms with Crippen molar-refractivity contribution in [3.05, 3.63) is 0 Å². The molecule has 0 bridgehead atoms. The summed E-state index contributed by atoms with van der Waals surface area (Å²) in [4.78, 5) is 12.8. The van der Waals surface area contributed by atoms with Crippen molar-refractivity contribution in [2.24, 2.45) is 0 Å². The summed E-state index contributed by atoms with van der Waals surface area (Å²) >= 11 is 0. The molecule has 0 radical (unpaired) electrons. The first-order valence-corrected chi connectivity index (χ1v) is 4.16. The highest BCUT2D eigenvalue weighted by atomic mass is 35.5. The number of hydrogen-bond acceptors (Lipinski definition) is 2. The number of likely N-dealkylation sites (N-methyl/N-ethyl adjacent to an activating group) is 1. The Hall–Kier alpha value is -0.350. The molecule has 1 aliphatic rings. The van der Waals surface area contributed by atoms with Gasteiger partial charge in [-0.15, -0.1) is 12.4 Å². The monoisotopic (exact) mass is 210 g/mol. The van der Waals surface area contributed by atoms with E-state index in [-0.39, 0.29) is 24.9 Å². The number of carbonyl (C=O) groups is 1. The van der Waals surface area contributed by atoms with Crippen molar-refractivity contribution in [1.82, 2.24) is 10.2 Å². The second-order valence-electron chi connectivity index (χ2n) is 3.51. The van der Waals surface area contributed by atoms with Gasteiger partial charge in [-0.25, -0.2) is 4.39 Å². The summed E-state index contributed by atoms with van der Waals surface area (Å²) < 4.78 is 13.2. The van der Waals surface area contributed by atoms with E-state index in [1.54, 1.807) is 18.9 Å². The Bertz CT molecular complexity index is 187.